The van der Waals surface area contributed by atoms with E-state index in [0.717, 1.165) is 6.42 Å². The molecule has 0 bridgehead atoms. The standard InChI is InChI=1S/C13H19NOS/c1-3-4-6-12-8-10-16-13(12)7-5-9-14-11(2)15/h5,7-8,10H,3-4,6,9H2,1-2H3,(H,14,15). The van der Waals surface area contributed by atoms with E-state index in [4.69, 9.17) is 0 Å². The predicted molar refractivity (Wildman–Crippen MR) is 70.6 cm³/mol. The molecular formula is C13H19NOS. The second-order valence-electron chi connectivity index (χ2n) is 3.75. The molecule has 88 valence electrons. The summed E-state index contributed by atoms with van der Waals surface area (Å²) < 4.78 is 0. The molecule has 1 aromatic heterocycles. The van der Waals surface area contributed by atoms with Crippen LogP contribution in [0.3, 0.4) is 0 Å². The minimum Gasteiger partial charge on any atom is -0.353 e. The number of rotatable bonds is 6. The highest BCUT2D eigenvalue weighted by molar-refractivity contribution is 7.11. The van der Waals surface area contributed by atoms with Gasteiger partial charge in [0.05, 0.1) is 0 Å². The second kappa shape index (κ2) is 7.23. The van der Waals surface area contributed by atoms with Gasteiger partial charge in [-0.3, -0.25) is 4.79 Å². The summed E-state index contributed by atoms with van der Waals surface area (Å²) in [5, 5.41) is 4.88. The third-order valence-corrected chi connectivity index (χ3v) is 3.24. The number of thiophene rings is 1. The Morgan fingerprint density at radius 3 is 3.06 bits per heavy atom. The van der Waals surface area contributed by atoms with E-state index in [0.29, 0.717) is 6.54 Å². The van der Waals surface area contributed by atoms with Crippen LogP contribution in [0.1, 0.15) is 37.1 Å². The number of carbonyl (C=O) groups excluding carboxylic acids is 1. The topological polar surface area (TPSA) is 29.1 Å². The number of aryl methyl sites for hydroxylation is 1. The molecule has 0 aliphatic carbocycles. The number of carbonyl (C=O) groups is 1. The molecule has 3 heteroatoms. The molecule has 0 unspecified atom stereocenters. The van der Waals surface area contributed by atoms with Crippen LogP contribution >= 0.6 is 11.3 Å². The van der Waals surface area contributed by atoms with Crippen molar-refractivity contribution in [2.24, 2.45) is 0 Å². The third-order valence-electron chi connectivity index (χ3n) is 2.32. The molecule has 0 saturated heterocycles. The van der Waals surface area contributed by atoms with Gasteiger partial charge in [-0.25, -0.2) is 0 Å². The Morgan fingerprint density at radius 2 is 2.38 bits per heavy atom. The molecule has 0 aromatic carbocycles. The first-order valence-electron chi connectivity index (χ1n) is 5.71. The van der Waals surface area contributed by atoms with E-state index in [9.17, 15) is 4.79 Å². The Labute approximate surface area is 101 Å². The molecule has 0 saturated carbocycles. The van der Waals surface area contributed by atoms with Crippen molar-refractivity contribution in [3.05, 3.63) is 28.0 Å². The first-order chi connectivity index (χ1) is 7.74. The second-order valence-corrected chi connectivity index (χ2v) is 4.70. The molecule has 0 fully saturated rings. The van der Waals surface area contributed by atoms with Gasteiger partial charge in [0.2, 0.25) is 5.91 Å². The summed E-state index contributed by atoms with van der Waals surface area (Å²) in [6.07, 6.45) is 7.72. The Bertz CT molecular complexity index is 355. The van der Waals surface area contributed by atoms with Crippen LogP contribution in [0.2, 0.25) is 0 Å². The average molecular weight is 237 g/mol. The molecule has 1 amide bonds. The lowest BCUT2D eigenvalue weighted by Crippen LogP contribution is -2.19. The van der Waals surface area contributed by atoms with Gasteiger partial charge >= 0.3 is 0 Å². The van der Waals surface area contributed by atoms with Crippen molar-refractivity contribution >= 4 is 23.3 Å². The molecule has 1 N–H and O–H groups in total. The summed E-state index contributed by atoms with van der Waals surface area (Å²) in [7, 11) is 0. The van der Waals surface area contributed by atoms with Crippen LogP contribution in [-0.2, 0) is 11.2 Å². The smallest absolute Gasteiger partial charge is 0.217 e. The average Bonchev–Trinajstić information content (AvgIpc) is 2.69. The van der Waals surface area contributed by atoms with Gasteiger partial charge in [-0.2, -0.15) is 0 Å². The Hall–Kier alpha value is -1.09. The highest BCUT2D eigenvalue weighted by Gasteiger charge is 1.99. The minimum absolute atomic E-state index is 0.0158. The van der Waals surface area contributed by atoms with Crippen molar-refractivity contribution < 1.29 is 4.79 Å². The van der Waals surface area contributed by atoms with Gasteiger partial charge in [-0.1, -0.05) is 19.4 Å². The maximum Gasteiger partial charge on any atom is 0.217 e. The van der Waals surface area contributed by atoms with Gasteiger partial charge in [-0.15, -0.1) is 11.3 Å². The zero-order valence-electron chi connectivity index (χ0n) is 9.95. The fourth-order valence-corrected chi connectivity index (χ4v) is 2.31. The lowest BCUT2D eigenvalue weighted by Gasteiger charge is -1.98. The van der Waals surface area contributed by atoms with Gasteiger partial charge in [0.25, 0.3) is 0 Å². The van der Waals surface area contributed by atoms with Gasteiger partial charge in [0.1, 0.15) is 0 Å². The molecule has 1 heterocycles. The van der Waals surface area contributed by atoms with Crippen LogP contribution in [0.15, 0.2) is 17.5 Å². The quantitative estimate of drug-likeness (QED) is 0.808. The molecule has 0 spiro atoms. The SMILES string of the molecule is CCCCc1ccsc1C=CCNC(C)=O. The Balaban J connectivity index is 2.46. The summed E-state index contributed by atoms with van der Waals surface area (Å²) in [6, 6.07) is 2.19. The molecule has 0 radical (unpaired) electrons. The zero-order valence-corrected chi connectivity index (χ0v) is 10.8. The summed E-state index contributed by atoms with van der Waals surface area (Å²) in [6.45, 7) is 4.35. The van der Waals surface area contributed by atoms with E-state index in [1.165, 1.54) is 30.2 Å². The molecule has 1 rings (SSSR count). The van der Waals surface area contributed by atoms with E-state index in [1.54, 1.807) is 11.3 Å². The number of unbranched alkanes of at least 4 members (excludes halogenated alkanes) is 1. The van der Waals surface area contributed by atoms with E-state index in [1.807, 2.05) is 6.08 Å². The van der Waals surface area contributed by atoms with Gasteiger partial charge in [0.15, 0.2) is 0 Å². The van der Waals surface area contributed by atoms with Crippen molar-refractivity contribution in [2.75, 3.05) is 6.54 Å². The molecule has 0 aliphatic heterocycles. The number of hydrogen-bond donors (Lipinski definition) is 1. The van der Waals surface area contributed by atoms with Crippen LogP contribution < -0.4 is 5.32 Å². The van der Waals surface area contributed by atoms with Gasteiger partial charge in [-0.05, 0) is 35.9 Å². The van der Waals surface area contributed by atoms with Crippen LogP contribution in [0.5, 0.6) is 0 Å². The fraction of sp³-hybridized carbons (Fsp3) is 0.462. The van der Waals surface area contributed by atoms with Crippen LogP contribution in [0.25, 0.3) is 6.08 Å². The van der Waals surface area contributed by atoms with Crippen molar-refractivity contribution in [2.45, 2.75) is 33.1 Å². The fourth-order valence-electron chi connectivity index (χ4n) is 1.44. The molecule has 16 heavy (non-hydrogen) atoms. The van der Waals surface area contributed by atoms with Gasteiger partial charge < -0.3 is 5.32 Å². The monoisotopic (exact) mass is 237 g/mol. The van der Waals surface area contributed by atoms with Crippen LogP contribution in [-0.4, -0.2) is 12.5 Å². The number of nitrogens with one attached hydrogen (secondary N) is 1. The largest absolute Gasteiger partial charge is 0.353 e. The molecular weight excluding hydrogens is 218 g/mol. The van der Waals surface area contributed by atoms with E-state index < -0.39 is 0 Å². The molecule has 0 aliphatic rings. The third kappa shape index (κ3) is 4.62. The normalized spacial score (nSPS) is 10.9. The minimum atomic E-state index is 0.0158. The first-order valence-corrected chi connectivity index (χ1v) is 6.59. The summed E-state index contributed by atoms with van der Waals surface area (Å²) in [4.78, 5) is 12.0. The van der Waals surface area contributed by atoms with E-state index >= 15 is 0 Å². The van der Waals surface area contributed by atoms with Gasteiger partial charge in [0, 0.05) is 18.3 Å². The lowest BCUT2D eigenvalue weighted by atomic mass is 10.1. The molecule has 0 atom stereocenters. The van der Waals surface area contributed by atoms with Crippen LogP contribution in [0, 0.1) is 0 Å². The maximum atomic E-state index is 10.7. The summed E-state index contributed by atoms with van der Waals surface area (Å²) in [5.74, 6) is 0.0158. The number of hydrogen-bond acceptors (Lipinski definition) is 2. The Kier molecular flexibility index (Phi) is 5.86. The highest BCUT2D eigenvalue weighted by Crippen LogP contribution is 2.20. The molecule has 2 nitrogen and oxygen atoms in total. The van der Waals surface area contributed by atoms with E-state index in [2.05, 4.69) is 29.8 Å². The summed E-state index contributed by atoms with van der Waals surface area (Å²) in [5.41, 5.74) is 1.42. The van der Waals surface area contributed by atoms with Crippen molar-refractivity contribution in [3.8, 4) is 0 Å². The first kappa shape index (κ1) is 13.0. The molecule has 1 aromatic rings. The van der Waals surface area contributed by atoms with Crippen molar-refractivity contribution in [1.82, 2.24) is 5.32 Å². The van der Waals surface area contributed by atoms with E-state index in [-0.39, 0.29) is 5.91 Å². The van der Waals surface area contributed by atoms with Crippen molar-refractivity contribution in [1.29, 1.82) is 0 Å². The highest BCUT2D eigenvalue weighted by atomic mass is 32.1. The van der Waals surface area contributed by atoms with Crippen molar-refractivity contribution in [3.63, 3.8) is 0 Å². The Morgan fingerprint density at radius 1 is 1.56 bits per heavy atom. The van der Waals surface area contributed by atoms with Crippen LogP contribution in [0.4, 0.5) is 0 Å². The number of amides is 1. The maximum absolute atomic E-state index is 10.7. The zero-order chi connectivity index (χ0) is 11.8. The summed E-state index contributed by atoms with van der Waals surface area (Å²) >= 11 is 1.76. The lowest BCUT2D eigenvalue weighted by molar-refractivity contribution is -0.118. The predicted octanol–water partition coefficient (Wildman–Crippen LogP) is 3.24.